The number of hydrogen-bond acceptors (Lipinski definition) is 6. The first-order valence-corrected chi connectivity index (χ1v) is 18.5. The van der Waals surface area contributed by atoms with Gasteiger partial charge in [-0.1, -0.05) is 48.5 Å². The van der Waals surface area contributed by atoms with Gasteiger partial charge in [-0.15, -0.1) is 0 Å². The van der Waals surface area contributed by atoms with Gasteiger partial charge in [0, 0.05) is 44.3 Å². The number of carboxylic acids is 4. The molecule has 0 unspecified atom stereocenters. The van der Waals surface area contributed by atoms with Gasteiger partial charge in [0.1, 0.15) is 0 Å². The van der Waals surface area contributed by atoms with E-state index >= 15 is 0 Å². The number of carbonyl (C=O) groups is 4. The molecule has 0 radical (unpaired) electrons. The molecule has 5 heterocycles. The van der Waals surface area contributed by atoms with Crippen molar-refractivity contribution in [1.29, 1.82) is 0 Å². The summed E-state index contributed by atoms with van der Waals surface area (Å²) in [4.78, 5) is 64.8. The van der Waals surface area contributed by atoms with Crippen LogP contribution in [-0.4, -0.2) is 64.2 Å². The number of nitrogens with one attached hydrogen (secondary N) is 2. The van der Waals surface area contributed by atoms with Crippen LogP contribution in [0, 0.1) is 0 Å². The Balaban J connectivity index is 0.00000193. The van der Waals surface area contributed by atoms with Crippen LogP contribution in [0.4, 0.5) is 0 Å². The van der Waals surface area contributed by atoms with Crippen molar-refractivity contribution in [3.8, 4) is 44.5 Å². The Morgan fingerprint density at radius 2 is 0.547 bits per heavy atom. The minimum absolute atomic E-state index is 0. The molecule has 16 heteroatoms. The molecule has 0 aliphatic carbocycles. The second-order valence-corrected chi connectivity index (χ2v) is 14.0. The van der Waals surface area contributed by atoms with Crippen LogP contribution in [-0.2, 0) is 17.1 Å². The third-order valence-corrected chi connectivity index (χ3v) is 10.4. The van der Waals surface area contributed by atoms with Gasteiger partial charge in [0.05, 0.1) is 45.0 Å². The number of H-pyrrole nitrogens is 2. The first kappa shape index (κ1) is 47.8. The number of fused-ring (bicyclic) bond motifs is 8. The van der Waals surface area contributed by atoms with Crippen LogP contribution in [0.1, 0.15) is 64.2 Å². The molecule has 0 amide bonds. The predicted octanol–water partition coefficient (Wildman–Crippen LogP) is 1.13. The minimum atomic E-state index is -1.07. The summed E-state index contributed by atoms with van der Waals surface area (Å²) in [5.41, 5.74) is 10.7. The van der Waals surface area contributed by atoms with Crippen LogP contribution in [0.15, 0.2) is 121 Å². The molecule has 0 saturated carbocycles. The number of aromatic amines is 2. The maximum atomic E-state index is 11.8. The van der Waals surface area contributed by atoms with E-state index in [0.29, 0.717) is 89.4 Å². The third-order valence-electron chi connectivity index (χ3n) is 10.4. The molecule has 64 heavy (non-hydrogen) atoms. The fourth-order valence-corrected chi connectivity index (χ4v) is 7.54. The van der Waals surface area contributed by atoms with Crippen molar-refractivity contribution in [3.63, 3.8) is 0 Å². The molecule has 2 aliphatic rings. The van der Waals surface area contributed by atoms with Crippen molar-refractivity contribution in [2.75, 3.05) is 0 Å². The zero-order chi connectivity index (χ0) is 41.7. The molecule has 0 spiro atoms. The zero-order valence-corrected chi connectivity index (χ0v) is 36.1. The number of rotatable bonds is 8. The van der Waals surface area contributed by atoms with Crippen molar-refractivity contribution in [3.05, 3.63) is 166 Å². The topological polar surface area (TPSA) is 207 Å². The Morgan fingerprint density at radius 1 is 0.328 bits per heavy atom. The van der Waals surface area contributed by atoms with Crippen molar-refractivity contribution in [2.45, 2.75) is 0 Å². The molecule has 9 rings (SSSR count). The van der Waals surface area contributed by atoms with Crippen LogP contribution in [0.5, 0.6) is 0 Å². The van der Waals surface area contributed by atoms with Gasteiger partial charge in [-0.05, 0) is 119 Å². The molecule has 6 N–H and O–H groups in total. The maximum absolute atomic E-state index is 11.8. The summed E-state index contributed by atoms with van der Waals surface area (Å²) < 4.78 is 0. The Hall–Kier alpha value is -7.25. The van der Waals surface area contributed by atoms with Crippen molar-refractivity contribution < 1.29 is 93.9 Å². The Morgan fingerprint density at radius 3 is 0.812 bits per heavy atom. The number of nitrogens with zero attached hydrogens (tertiary/aromatic N) is 2. The first-order valence-electron chi connectivity index (χ1n) is 18.5. The van der Waals surface area contributed by atoms with Gasteiger partial charge in [-0.2, -0.15) is 0 Å². The molecule has 0 fully saturated rings. The first-order chi connectivity index (χ1) is 29.0. The summed E-state index contributed by atoms with van der Waals surface area (Å²) in [6.07, 6.45) is 7.42. The summed E-state index contributed by atoms with van der Waals surface area (Å²) >= 11 is 0. The summed E-state index contributed by atoms with van der Waals surface area (Å²) in [6.45, 7) is 0. The van der Waals surface area contributed by atoms with Gasteiger partial charge in [0.25, 0.3) is 0 Å². The molecule has 12 nitrogen and oxygen atoms in total. The van der Waals surface area contributed by atoms with Gasteiger partial charge in [-0.3, -0.25) is 0 Å². The number of hydrogen-bond donors (Lipinski definition) is 6. The van der Waals surface area contributed by atoms with Crippen LogP contribution in [0.25, 0.3) is 90.9 Å². The largest absolute Gasteiger partial charge is 3.00 e. The molecule has 7 aromatic rings. The molecule has 8 bridgehead atoms. The Kier molecular flexibility index (Phi) is 14.5. The van der Waals surface area contributed by atoms with E-state index in [-0.39, 0.29) is 76.5 Å². The van der Waals surface area contributed by atoms with E-state index in [1.54, 1.807) is 48.5 Å². The van der Waals surface area contributed by atoms with Gasteiger partial charge in [0.15, 0.2) is 0 Å². The fourth-order valence-electron chi connectivity index (χ4n) is 7.54. The number of benzene rings is 4. The van der Waals surface area contributed by atoms with Crippen molar-refractivity contribution in [2.24, 2.45) is 0 Å². The van der Waals surface area contributed by atoms with Gasteiger partial charge >= 0.3 is 40.9 Å². The SMILES string of the molecule is O=C(O)c1ccc(-c2c3nc(c(-c4ccc(C(=O)O)cc4)c4ccc([nH]4)c(-c4ccc(C(=O)O)cc4)c4ccc([nH]4)c(-c4ccc(C(=O)O)cc4)c4nc2C=C4)C=C3)cc1.[Cl-].[Cl-].[Cl-].[Mn+3]. The van der Waals surface area contributed by atoms with Gasteiger partial charge in [0.2, 0.25) is 0 Å². The average molecular weight is 952 g/mol. The average Bonchev–Trinajstić information content (AvgIpc) is 4.10. The second-order valence-electron chi connectivity index (χ2n) is 14.0. The monoisotopic (exact) mass is 950 g/mol. The van der Waals surface area contributed by atoms with Crippen LogP contribution >= 0.6 is 0 Å². The fraction of sp³-hybridized carbons (Fsp3) is 0. The smallest absolute Gasteiger partial charge is 1.00 e. The van der Waals surface area contributed by atoms with E-state index in [1.165, 1.54) is 48.5 Å². The summed E-state index contributed by atoms with van der Waals surface area (Å²) in [6, 6.07) is 33.6. The standard InChI is InChI=1S/C48H30N4O8.3ClH.Mn/c53-45(54)29-9-1-25(2-10-29)41-33-17-19-35(49-33)42(26-3-11-30(12-4-26)46(55)56)37-21-23-39(51-37)44(28-7-15-32(16-8-28)48(59)60)40-24-22-38(52-40)43(36-20-18-34(41)50-36)27-5-13-31(14-6-27)47(57)58;;;;/h1-24,49-50H,(H,53,54)(H,55,56)(H,57,58)(H,59,60);3*1H;/q;;;;+3/p-3. The molecule has 4 aromatic carbocycles. The number of halogens is 3. The van der Waals surface area contributed by atoms with Gasteiger partial charge < -0.3 is 67.6 Å². The van der Waals surface area contributed by atoms with Crippen molar-refractivity contribution in [1.82, 2.24) is 19.9 Å². The second kappa shape index (κ2) is 19.4. The van der Waals surface area contributed by atoms with Gasteiger partial charge in [-0.25, -0.2) is 29.1 Å². The van der Waals surface area contributed by atoms with E-state index in [0.717, 1.165) is 0 Å². The third kappa shape index (κ3) is 8.98. The van der Waals surface area contributed by atoms with Crippen LogP contribution in [0.2, 0.25) is 0 Å². The molecular formula is C48H30Cl3MnN4O8. The molecule has 3 aromatic heterocycles. The number of aromatic nitrogens is 4. The van der Waals surface area contributed by atoms with E-state index in [1.807, 2.05) is 48.6 Å². The summed E-state index contributed by atoms with van der Waals surface area (Å²) in [5, 5.41) is 38.7. The molecule has 0 saturated heterocycles. The zero-order valence-electron chi connectivity index (χ0n) is 32.7. The van der Waals surface area contributed by atoms with E-state index < -0.39 is 23.9 Å². The van der Waals surface area contributed by atoms with Crippen LogP contribution in [0.3, 0.4) is 0 Å². The minimum Gasteiger partial charge on any atom is -1.00 e. The summed E-state index contributed by atoms with van der Waals surface area (Å²) in [5.74, 6) is -4.25. The van der Waals surface area contributed by atoms with E-state index in [9.17, 15) is 39.6 Å². The quantitative estimate of drug-likeness (QED) is 0.120. The molecular weight excluding hydrogens is 922 g/mol. The summed E-state index contributed by atoms with van der Waals surface area (Å²) in [7, 11) is 0. The molecule has 318 valence electrons. The van der Waals surface area contributed by atoms with E-state index in [2.05, 4.69) is 9.97 Å². The van der Waals surface area contributed by atoms with E-state index in [4.69, 9.17) is 9.97 Å². The number of aromatic carboxylic acids is 4. The number of carboxylic acid groups (broad SMARTS) is 4. The maximum Gasteiger partial charge on any atom is 3.00 e. The van der Waals surface area contributed by atoms with Crippen molar-refractivity contribution >= 4 is 70.2 Å². The normalized spacial score (nSPS) is 11.0. The molecule has 2 aliphatic heterocycles. The Labute approximate surface area is 392 Å². The Bertz CT molecular complexity index is 3040. The van der Waals surface area contributed by atoms with Crippen LogP contribution < -0.4 is 37.2 Å². The predicted molar refractivity (Wildman–Crippen MR) is 228 cm³/mol. The molecule has 0 atom stereocenters.